The number of methoxy groups -OCH3 is 1. The van der Waals surface area contributed by atoms with E-state index in [1.54, 1.807) is 49.6 Å². The fourth-order valence-electron chi connectivity index (χ4n) is 2.01. The Labute approximate surface area is 145 Å². The highest BCUT2D eigenvalue weighted by Gasteiger charge is 2.19. The minimum absolute atomic E-state index is 0.371. The van der Waals surface area contributed by atoms with Crippen molar-refractivity contribution in [2.24, 2.45) is 0 Å². The minimum Gasteiger partial charge on any atom is -0.449 e. The van der Waals surface area contributed by atoms with E-state index in [-0.39, 0.29) is 0 Å². The third-order valence-corrected chi connectivity index (χ3v) is 3.49. The van der Waals surface area contributed by atoms with Crippen LogP contribution in [0, 0.1) is 0 Å². The number of rotatable bonds is 6. The summed E-state index contributed by atoms with van der Waals surface area (Å²) in [6, 6.07) is 13.6. The zero-order chi connectivity index (χ0) is 17.5. The molecule has 2 rings (SSSR count). The lowest BCUT2D eigenvalue weighted by Gasteiger charge is -2.14. The zero-order valence-corrected chi connectivity index (χ0v) is 14.2. The van der Waals surface area contributed by atoms with Gasteiger partial charge in [-0.3, -0.25) is 4.79 Å². The summed E-state index contributed by atoms with van der Waals surface area (Å²) in [6.45, 7) is 1.91. The lowest BCUT2D eigenvalue weighted by Crippen LogP contribution is -2.30. The summed E-state index contributed by atoms with van der Waals surface area (Å²) in [7, 11) is 1.58. The van der Waals surface area contributed by atoms with Crippen molar-refractivity contribution in [1.29, 1.82) is 0 Å². The number of hydrogen-bond acceptors (Lipinski definition) is 4. The molecule has 1 atom stereocenters. The molecule has 0 heterocycles. The van der Waals surface area contributed by atoms with Gasteiger partial charge in [-0.15, -0.1) is 0 Å². The maximum Gasteiger partial charge on any atom is 0.338 e. The molecule has 0 radical (unpaired) electrons. The first kappa shape index (κ1) is 18.0. The molecule has 2 aromatic carbocycles. The molecule has 1 N–H and O–H groups in total. The first-order chi connectivity index (χ1) is 11.5. The summed E-state index contributed by atoms with van der Waals surface area (Å²) in [5.74, 6) is -0.981. The van der Waals surface area contributed by atoms with Gasteiger partial charge in [-0.05, 0) is 48.9 Å². The molecule has 0 aliphatic carbocycles. The van der Waals surface area contributed by atoms with Crippen molar-refractivity contribution >= 4 is 29.2 Å². The Morgan fingerprint density at radius 3 is 2.54 bits per heavy atom. The molecule has 0 aliphatic rings. The summed E-state index contributed by atoms with van der Waals surface area (Å²) in [6.07, 6.45) is -0.931. The van der Waals surface area contributed by atoms with Crippen molar-refractivity contribution in [3.63, 3.8) is 0 Å². The zero-order valence-electron chi connectivity index (χ0n) is 13.4. The van der Waals surface area contributed by atoms with Gasteiger partial charge in [0.05, 0.1) is 12.2 Å². The van der Waals surface area contributed by atoms with E-state index >= 15 is 0 Å². The number of benzene rings is 2. The molecule has 24 heavy (non-hydrogen) atoms. The topological polar surface area (TPSA) is 64.6 Å². The van der Waals surface area contributed by atoms with E-state index in [9.17, 15) is 9.59 Å². The Kier molecular flexibility index (Phi) is 6.35. The number of carbonyl (C=O) groups excluding carboxylic acids is 2. The van der Waals surface area contributed by atoms with E-state index < -0.39 is 18.0 Å². The Bertz CT molecular complexity index is 715. The van der Waals surface area contributed by atoms with E-state index in [0.29, 0.717) is 22.9 Å². The highest BCUT2D eigenvalue weighted by Crippen LogP contribution is 2.14. The maximum absolute atomic E-state index is 12.2. The fraction of sp³-hybridized carbons (Fsp3) is 0.222. The molecule has 0 fully saturated rings. The summed E-state index contributed by atoms with van der Waals surface area (Å²) >= 11 is 5.79. The Morgan fingerprint density at radius 1 is 1.17 bits per heavy atom. The van der Waals surface area contributed by atoms with Gasteiger partial charge in [0.25, 0.3) is 5.91 Å². The Balaban J connectivity index is 1.96. The number of anilines is 1. The number of nitrogens with one attached hydrogen (secondary N) is 1. The standard InChI is InChI=1S/C18H18ClNO4/c1-12(17(21)20-16-8-6-15(19)7-9-16)24-18(22)14-5-3-4-13(10-14)11-23-2/h3-10,12H,11H2,1-2H3,(H,20,21)/t12-/m0/s1. The van der Waals surface area contributed by atoms with Crippen LogP contribution in [0.5, 0.6) is 0 Å². The number of carbonyl (C=O) groups is 2. The van der Waals surface area contributed by atoms with Gasteiger partial charge in [0.1, 0.15) is 0 Å². The van der Waals surface area contributed by atoms with Crippen LogP contribution in [0.4, 0.5) is 5.69 Å². The number of ether oxygens (including phenoxy) is 2. The molecule has 126 valence electrons. The van der Waals surface area contributed by atoms with E-state index in [1.807, 2.05) is 6.07 Å². The van der Waals surface area contributed by atoms with Crippen LogP contribution >= 0.6 is 11.6 Å². The number of esters is 1. The third kappa shape index (κ3) is 5.08. The monoisotopic (exact) mass is 347 g/mol. The summed E-state index contributed by atoms with van der Waals surface area (Å²) < 4.78 is 10.2. The average molecular weight is 348 g/mol. The van der Waals surface area contributed by atoms with E-state index in [0.717, 1.165) is 5.56 Å². The minimum atomic E-state index is -0.931. The number of hydrogen-bond donors (Lipinski definition) is 1. The SMILES string of the molecule is COCc1cccc(C(=O)O[C@@H](C)C(=O)Nc2ccc(Cl)cc2)c1. The first-order valence-corrected chi connectivity index (χ1v) is 7.72. The van der Waals surface area contributed by atoms with Crippen LogP contribution in [-0.2, 0) is 20.9 Å². The van der Waals surface area contributed by atoms with Crippen molar-refractivity contribution in [3.05, 3.63) is 64.7 Å². The van der Waals surface area contributed by atoms with Crippen LogP contribution in [0.1, 0.15) is 22.8 Å². The molecule has 5 nitrogen and oxygen atoms in total. The van der Waals surface area contributed by atoms with Crippen molar-refractivity contribution < 1.29 is 19.1 Å². The average Bonchev–Trinajstić information content (AvgIpc) is 2.57. The van der Waals surface area contributed by atoms with Gasteiger partial charge in [-0.1, -0.05) is 23.7 Å². The molecule has 0 saturated heterocycles. The van der Waals surface area contributed by atoms with Crippen molar-refractivity contribution in [1.82, 2.24) is 0 Å². The lowest BCUT2D eigenvalue weighted by molar-refractivity contribution is -0.123. The lowest BCUT2D eigenvalue weighted by atomic mass is 10.1. The molecule has 2 aromatic rings. The molecule has 0 unspecified atom stereocenters. The van der Waals surface area contributed by atoms with Crippen LogP contribution in [0.2, 0.25) is 5.02 Å². The van der Waals surface area contributed by atoms with Gasteiger partial charge in [-0.2, -0.15) is 0 Å². The summed E-state index contributed by atoms with van der Waals surface area (Å²) in [4.78, 5) is 24.2. The van der Waals surface area contributed by atoms with Crippen LogP contribution < -0.4 is 5.32 Å². The van der Waals surface area contributed by atoms with Gasteiger partial charge in [-0.25, -0.2) is 4.79 Å². The molecule has 0 aromatic heterocycles. The van der Waals surface area contributed by atoms with Crippen molar-refractivity contribution in [2.45, 2.75) is 19.6 Å². The largest absolute Gasteiger partial charge is 0.449 e. The van der Waals surface area contributed by atoms with Gasteiger partial charge in [0.2, 0.25) is 0 Å². The maximum atomic E-state index is 12.2. The molecule has 0 spiro atoms. The molecule has 0 aliphatic heterocycles. The van der Waals surface area contributed by atoms with E-state index in [2.05, 4.69) is 5.32 Å². The van der Waals surface area contributed by atoms with Gasteiger partial charge < -0.3 is 14.8 Å². The molecule has 0 bridgehead atoms. The van der Waals surface area contributed by atoms with Crippen LogP contribution in [-0.4, -0.2) is 25.1 Å². The highest BCUT2D eigenvalue weighted by molar-refractivity contribution is 6.30. The van der Waals surface area contributed by atoms with Crippen molar-refractivity contribution in [2.75, 3.05) is 12.4 Å². The summed E-state index contributed by atoms with van der Waals surface area (Å²) in [5.41, 5.74) is 1.80. The smallest absolute Gasteiger partial charge is 0.338 e. The normalized spacial score (nSPS) is 11.6. The second-order valence-electron chi connectivity index (χ2n) is 5.18. The van der Waals surface area contributed by atoms with Crippen LogP contribution in [0.15, 0.2) is 48.5 Å². The summed E-state index contributed by atoms with van der Waals surface area (Å²) in [5, 5.41) is 3.24. The van der Waals surface area contributed by atoms with Gasteiger partial charge >= 0.3 is 5.97 Å². The van der Waals surface area contributed by atoms with Gasteiger partial charge in [0, 0.05) is 17.8 Å². The molecular formula is C18H18ClNO4. The van der Waals surface area contributed by atoms with Crippen LogP contribution in [0.3, 0.4) is 0 Å². The Morgan fingerprint density at radius 2 is 1.88 bits per heavy atom. The number of amides is 1. The third-order valence-electron chi connectivity index (χ3n) is 3.24. The van der Waals surface area contributed by atoms with E-state index in [1.165, 1.54) is 6.92 Å². The second kappa shape index (κ2) is 8.47. The van der Waals surface area contributed by atoms with Crippen LogP contribution in [0.25, 0.3) is 0 Å². The Hall–Kier alpha value is -2.37. The quantitative estimate of drug-likeness (QED) is 0.810. The highest BCUT2D eigenvalue weighted by atomic mass is 35.5. The van der Waals surface area contributed by atoms with Crippen molar-refractivity contribution in [3.8, 4) is 0 Å². The second-order valence-corrected chi connectivity index (χ2v) is 5.61. The molecule has 1 amide bonds. The number of halogens is 1. The van der Waals surface area contributed by atoms with E-state index in [4.69, 9.17) is 21.1 Å². The van der Waals surface area contributed by atoms with Gasteiger partial charge in [0.15, 0.2) is 6.10 Å². The molecule has 0 saturated carbocycles. The fourth-order valence-corrected chi connectivity index (χ4v) is 2.14. The predicted octanol–water partition coefficient (Wildman–Crippen LogP) is 3.67. The predicted molar refractivity (Wildman–Crippen MR) is 92.1 cm³/mol. The molecular weight excluding hydrogens is 330 g/mol. The molecule has 6 heteroatoms. The first-order valence-electron chi connectivity index (χ1n) is 7.35.